The molecule has 1 aliphatic heterocycles. The van der Waals surface area contributed by atoms with Crippen LogP contribution >= 0.6 is 12.4 Å². The van der Waals surface area contributed by atoms with Gasteiger partial charge >= 0.3 is 0 Å². The van der Waals surface area contributed by atoms with Gasteiger partial charge in [-0.15, -0.1) is 12.4 Å². The number of rotatable bonds is 5. The van der Waals surface area contributed by atoms with E-state index in [4.69, 9.17) is 5.73 Å². The Kier molecular flexibility index (Phi) is 7.41. The molecule has 5 heteroatoms. The first-order chi connectivity index (χ1) is 9.19. The van der Waals surface area contributed by atoms with Gasteiger partial charge in [-0.3, -0.25) is 4.90 Å². The summed E-state index contributed by atoms with van der Waals surface area (Å²) in [6.07, 6.45) is 1.10. The van der Waals surface area contributed by atoms with E-state index in [-0.39, 0.29) is 18.0 Å². The number of benzene rings is 1. The predicted octanol–water partition coefficient (Wildman–Crippen LogP) is 3.61. The highest BCUT2D eigenvalue weighted by atomic mass is 35.5. The molecule has 0 spiro atoms. The van der Waals surface area contributed by atoms with Crippen LogP contribution in [0.3, 0.4) is 0 Å². The Balaban J connectivity index is 0.00000200. The molecule has 2 N–H and O–H groups in total. The van der Waals surface area contributed by atoms with Gasteiger partial charge < -0.3 is 5.73 Å². The smallest absolute Gasteiger partial charge is 0.263 e. The minimum atomic E-state index is -2.38. The molecule has 20 heavy (non-hydrogen) atoms. The standard InChI is InChI=1S/C15H22F2N2.ClH/c16-15(17)14-5-1-3-13(9-14)11-19-8-2-4-12(10-19)6-7-18;/h1,3,5,9,12,15H,2,4,6-8,10-11,18H2;1H. The molecular formula is C15H23ClF2N2. The molecule has 1 aliphatic rings. The lowest BCUT2D eigenvalue weighted by molar-refractivity contribution is 0.150. The number of nitrogens with zero attached hydrogens (tertiary/aromatic N) is 1. The van der Waals surface area contributed by atoms with E-state index in [1.54, 1.807) is 12.1 Å². The molecule has 114 valence electrons. The number of nitrogens with two attached hydrogens (primary N) is 1. The number of alkyl halides is 2. The second-order valence-corrected chi connectivity index (χ2v) is 5.37. The minimum absolute atomic E-state index is 0. The summed E-state index contributed by atoms with van der Waals surface area (Å²) in [6.45, 7) is 3.59. The number of halogens is 3. The third kappa shape index (κ3) is 5.00. The normalized spacial score (nSPS) is 19.9. The van der Waals surface area contributed by atoms with E-state index in [2.05, 4.69) is 4.90 Å². The summed E-state index contributed by atoms with van der Waals surface area (Å²) in [6, 6.07) is 6.76. The molecule has 1 saturated heterocycles. The highest BCUT2D eigenvalue weighted by molar-refractivity contribution is 5.85. The van der Waals surface area contributed by atoms with Crippen molar-refractivity contribution >= 4 is 12.4 Å². The van der Waals surface area contributed by atoms with Crippen molar-refractivity contribution in [2.75, 3.05) is 19.6 Å². The molecule has 2 rings (SSSR count). The van der Waals surface area contributed by atoms with Crippen molar-refractivity contribution in [2.45, 2.75) is 32.2 Å². The summed E-state index contributed by atoms with van der Waals surface area (Å²) in [4.78, 5) is 2.36. The fourth-order valence-corrected chi connectivity index (χ4v) is 2.85. The van der Waals surface area contributed by atoms with Crippen LogP contribution in [0, 0.1) is 5.92 Å². The third-order valence-corrected chi connectivity index (χ3v) is 3.79. The first kappa shape index (κ1) is 17.3. The van der Waals surface area contributed by atoms with E-state index in [1.807, 2.05) is 6.07 Å². The van der Waals surface area contributed by atoms with E-state index in [0.717, 1.165) is 38.2 Å². The van der Waals surface area contributed by atoms with Crippen molar-refractivity contribution in [3.05, 3.63) is 35.4 Å². The molecule has 0 saturated carbocycles. The van der Waals surface area contributed by atoms with Crippen LogP contribution in [-0.4, -0.2) is 24.5 Å². The Morgan fingerprint density at radius 1 is 1.35 bits per heavy atom. The lowest BCUT2D eigenvalue weighted by atomic mass is 9.94. The number of piperidine rings is 1. The second kappa shape index (κ2) is 8.55. The van der Waals surface area contributed by atoms with Gasteiger partial charge in [-0.05, 0) is 49.9 Å². The predicted molar refractivity (Wildman–Crippen MR) is 80.3 cm³/mol. The van der Waals surface area contributed by atoms with Gasteiger partial charge in [-0.2, -0.15) is 0 Å². The van der Waals surface area contributed by atoms with Crippen LogP contribution in [0.2, 0.25) is 0 Å². The van der Waals surface area contributed by atoms with Crippen molar-refractivity contribution < 1.29 is 8.78 Å². The second-order valence-electron chi connectivity index (χ2n) is 5.37. The summed E-state index contributed by atoms with van der Waals surface area (Å²) < 4.78 is 25.3. The first-order valence-electron chi connectivity index (χ1n) is 6.98. The summed E-state index contributed by atoms with van der Waals surface area (Å²) in [7, 11) is 0. The molecule has 0 aliphatic carbocycles. The fourth-order valence-electron chi connectivity index (χ4n) is 2.85. The average Bonchev–Trinajstić information content (AvgIpc) is 2.40. The van der Waals surface area contributed by atoms with Crippen molar-refractivity contribution in [3.8, 4) is 0 Å². The largest absolute Gasteiger partial charge is 0.330 e. The van der Waals surface area contributed by atoms with Gasteiger partial charge in [-0.25, -0.2) is 8.78 Å². The number of hydrogen-bond acceptors (Lipinski definition) is 2. The van der Waals surface area contributed by atoms with Crippen LogP contribution in [0.25, 0.3) is 0 Å². The lowest BCUT2D eigenvalue weighted by Crippen LogP contribution is -2.35. The molecule has 1 aromatic carbocycles. The van der Waals surface area contributed by atoms with Crippen LogP contribution in [0.15, 0.2) is 24.3 Å². The summed E-state index contributed by atoms with van der Waals surface area (Å²) >= 11 is 0. The molecule has 1 atom stereocenters. The topological polar surface area (TPSA) is 29.3 Å². The zero-order valence-electron chi connectivity index (χ0n) is 11.6. The monoisotopic (exact) mass is 304 g/mol. The maximum Gasteiger partial charge on any atom is 0.263 e. The Morgan fingerprint density at radius 2 is 2.15 bits per heavy atom. The Labute approximate surface area is 125 Å². The van der Waals surface area contributed by atoms with Crippen LogP contribution in [0.4, 0.5) is 8.78 Å². The Hall–Kier alpha value is -0.710. The lowest BCUT2D eigenvalue weighted by Gasteiger charge is -2.32. The molecule has 0 aromatic heterocycles. The van der Waals surface area contributed by atoms with E-state index in [9.17, 15) is 8.78 Å². The van der Waals surface area contributed by atoms with Crippen molar-refractivity contribution in [1.29, 1.82) is 0 Å². The van der Waals surface area contributed by atoms with E-state index in [0.29, 0.717) is 5.92 Å². The van der Waals surface area contributed by atoms with Crippen LogP contribution in [0.1, 0.15) is 36.8 Å². The third-order valence-electron chi connectivity index (χ3n) is 3.79. The SMILES string of the molecule is Cl.NCCC1CCCN(Cc2cccc(C(F)F)c2)C1. The highest BCUT2D eigenvalue weighted by Gasteiger charge is 2.19. The minimum Gasteiger partial charge on any atom is -0.330 e. The van der Waals surface area contributed by atoms with E-state index in [1.165, 1.54) is 18.9 Å². The summed E-state index contributed by atoms with van der Waals surface area (Å²) in [5, 5.41) is 0. The van der Waals surface area contributed by atoms with Gasteiger partial charge in [0.1, 0.15) is 0 Å². The molecular weight excluding hydrogens is 282 g/mol. The average molecular weight is 305 g/mol. The fraction of sp³-hybridized carbons (Fsp3) is 0.600. The van der Waals surface area contributed by atoms with E-state index >= 15 is 0 Å². The van der Waals surface area contributed by atoms with Gasteiger partial charge in [0.25, 0.3) is 6.43 Å². The highest BCUT2D eigenvalue weighted by Crippen LogP contribution is 2.23. The first-order valence-corrected chi connectivity index (χ1v) is 6.98. The molecule has 1 unspecified atom stereocenters. The van der Waals surface area contributed by atoms with E-state index < -0.39 is 6.43 Å². The Morgan fingerprint density at radius 3 is 2.85 bits per heavy atom. The molecule has 1 aromatic rings. The summed E-state index contributed by atoms with van der Waals surface area (Å²) in [5.74, 6) is 0.664. The zero-order valence-corrected chi connectivity index (χ0v) is 12.4. The molecule has 1 heterocycles. The van der Waals surface area contributed by atoms with Crippen molar-refractivity contribution in [1.82, 2.24) is 4.90 Å². The molecule has 0 bridgehead atoms. The number of likely N-dealkylation sites (tertiary alicyclic amines) is 1. The maximum absolute atomic E-state index is 12.7. The van der Waals surface area contributed by atoms with Crippen LogP contribution in [-0.2, 0) is 6.54 Å². The molecule has 2 nitrogen and oxygen atoms in total. The van der Waals surface area contributed by atoms with Gasteiger partial charge in [0.2, 0.25) is 0 Å². The molecule has 0 amide bonds. The molecule has 1 fully saturated rings. The quantitative estimate of drug-likeness (QED) is 0.900. The Bertz CT molecular complexity index is 399. The van der Waals surface area contributed by atoms with Gasteiger partial charge in [-0.1, -0.05) is 18.2 Å². The molecule has 0 radical (unpaired) electrons. The zero-order chi connectivity index (χ0) is 13.7. The van der Waals surface area contributed by atoms with Crippen LogP contribution < -0.4 is 5.73 Å². The van der Waals surface area contributed by atoms with Crippen molar-refractivity contribution in [2.24, 2.45) is 11.7 Å². The van der Waals surface area contributed by atoms with Crippen LogP contribution in [0.5, 0.6) is 0 Å². The summed E-state index contributed by atoms with van der Waals surface area (Å²) in [5.41, 5.74) is 6.71. The van der Waals surface area contributed by atoms with Crippen molar-refractivity contribution in [3.63, 3.8) is 0 Å². The van der Waals surface area contributed by atoms with Gasteiger partial charge in [0, 0.05) is 18.7 Å². The maximum atomic E-state index is 12.7. The van der Waals surface area contributed by atoms with Gasteiger partial charge in [0.15, 0.2) is 0 Å². The number of hydrogen-bond donors (Lipinski definition) is 1. The van der Waals surface area contributed by atoms with Gasteiger partial charge in [0.05, 0.1) is 0 Å².